The Labute approximate surface area is 203 Å². The van der Waals surface area contributed by atoms with Crippen LogP contribution >= 0.6 is 0 Å². The molecule has 0 bridgehead atoms. The third kappa shape index (κ3) is 5.54. The van der Waals surface area contributed by atoms with Crippen LogP contribution in [0.5, 0.6) is 5.75 Å². The van der Waals surface area contributed by atoms with Gasteiger partial charge in [0.25, 0.3) is 0 Å². The summed E-state index contributed by atoms with van der Waals surface area (Å²) in [7, 11) is 2.19. The van der Waals surface area contributed by atoms with Gasteiger partial charge in [-0.05, 0) is 60.0 Å². The average molecular weight is 460 g/mol. The molecule has 3 aromatic carbocycles. The minimum atomic E-state index is -0.163. The van der Waals surface area contributed by atoms with Crippen molar-refractivity contribution in [3.63, 3.8) is 0 Å². The second kappa shape index (κ2) is 10.8. The molecule has 2 saturated heterocycles. The van der Waals surface area contributed by atoms with E-state index in [4.69, 9.17) is 4.74 Å². The maximum atomic E-state index is 9.98. The number of benzene rings is 3. The summed E-state index contributed by atoms with van der Waals surface area (Å²) in [6.07, 6.45) is 2.40. The molecule has 2 aliphatic rings. The number of likely N-dealkylation sites (N-methyl/N-ethyl adjacent to an activating group) is 1. The Morgan fingerprint density at radius 2 is 1.59 bits per heavy atom. The van der Waals surface area contributed by atoms with Crippen LogP contribution < -0.4 is 9.64 Å². The Hall–Kier alpha value is -2.60. The Morgan fingerprint density at radius 1 is 0.853 bits per heavy atom. The quantitative estimate of drug-likeness (QED) is 0.578. The SMILES string of the molecule is CN1CCN(CCOc2ccc(Cc3c(N4CCC(O)CC4)ccc4ccccc34)cc2)CC1. The Bertz CT molecular complexity index is 1070. The van der Waals surface area contributed by atoms with Crippen LogP contribution in [0.25, 0.3) is 10.8 Å². The molecule has 2 heterocycles. The molecule has 0 atom stereocenters. The van der Waals surface area contributed by atoms with E-state index < -0.39 is 0 Å². The first-order valence-electron chi connectivity index (χ1n) is 12.7. The van der Waals surface area contributed by atoms with Gasteiger partial charge < -0.3 is 19.6 Å². The van der Waals surface area contributed by atoms with Gasteiger partial charge in [0.05, 0.1) is 6.10 Å². The van der Waals surface area contributed by atoms with Crippen molar-refractivity contribution in [2.45, 2.75) is 25.4 Å². The first kappa shape index (κ1) is 23.2. The van der Waals surface area contributed by atoms with Gasteiger partial charge >= 0.3 is 0 Å². The predicted octanol–water partition coefficient (Wildman–Crippen LogP) is 4.02. The fourth-order valence-corrected chi connectivity index (χ4v) is 5.18. The number of hydrogen-bond acceptors (Lipinski definition) is 5. The highest BCUT2D eigenvalue weighted by molar-refractivity contribution is 5.90. The number of aliphatic hydroxyl groups excluding tert-OH is 1. The number of nitrogens with zero attached hydrogens (tertiary/aromatic N) is 3. The van der Waals surface area contributed by atoms with E-state index in [9.17, 15) is 5.11 Å². The maximum absolute atomic E-state index is 9.98. The van der Waals surface area contributed by atoms with Gasteiger partial charge in [0.1, 0.15) is 12.4 Å². The zero-order valence-electron chi connectivity index (χ0n) is 20.3. The summed E-state index contributed by atoms with van der Waals surface area (Å²) < 4.78 is 6.05. The molecule has 2 aliphatic heterocycles. The van der Waals surface area contributed by atoms with Crippen molar-refractivity contribution in [2.75, 3.05) is 64.4 Å². The maximum Gasteiger partial charge on any atom is 0.119 e. The first-order chi connectivity index (χ1) is 16.7. The summed E-state index contributed by atoms with van der Waals surface area (Å²) in [5.74, 6) is 0.945. The highest BCUT2D eigenvalue weighted by Gasteiger charge is 2.20. The molecular formula is C29H37N3O2. The van der Waals surface area contributed by atoms with Crippen molar-refractivity contribution in [3.05, 3.63) is 71.8 Å². The summed E-state index contributed by atoms with van der Waals surface area (Å²) in [6.45, 7) is 8.08. The number of ether oxygens (including phenoxy) is 1. The normalized spacial score (nSPS) is 18.5. The molecule has 0 radical (unpaired) electrons. The monoisotopic (exact) mass is 459 g/mol. The molecule has 5 rings (SSSR count). The lowest BCUT2D eigenvalue weighted by molar-refractivity contribution is 0.134. The van der Waals surface area contributed by atoms with E-state index in [-0.39, 0.29) is 6.10 Å². The summed E-state index contributed by atoms with van der Waals surface area (Å²) in [6, 6.07) is 21.8. The standard InChI is InChI=1S/C29H37N3O2/c1-30-16-18-31(19-17-30)20-21-34-26-9-6-23(7-10-26)22-28-27-5-3-2-4-24(27)8-11-29(28)32-14-12-25(33)13-15-32/h2-11,25,33H,12-22H2,1H3. The van der Waals surface area contributed by atoms with Crippen LogP contribution in [0, 0.1) is 0 Å². The van der Waals surface area contributed by atoms with Gasteiger partial charge in [-0.1, -0.05) is 42.5 Å². The van der Waals surface area contributed by atoms with Crippen LogP contribution in [0.2, 0.25) is 0 Å². The molecule has 0 spiro atoms. The number of piperidine rings is 1. The number of fused-ring (bicyclic) bond motifs is 1. The molecule has 0 unspecified atom stereocenters. The molecule has 0 aromatic heterocycles. The molecule has 180 valence electrons. The van der Waals surface area contributed by atoms with Gasteiger partial charge in [-0.2, -0.15) is 0 Å². The first-order valence-corrected chi connectivity index (χ1v) is 12.7. The lowest BCUT2D eigenvalue weighted by Gasteiger charge is -2.33. The second-order valence-electron chi connectivity index (χ2n) is 9.82. The molecule has 0 saturated carbocycles. The summed E-state index contributed by atoms with van der Waals surface area (Å²) in [4.78, 5) is 7.31. The van der Waals surface area contributed by atoms with E-state index in [0.717, 1.165) is 77.4 Å². The Balaban J connectivity index is 1.27. The summed E-state index contributed by atoms with van der Waals surface area (Å²) in [5, 5.41) is 12.6. The van der Waals surface area contributed by atoms with E-state index in [0.29, 0.717) is 0 Å². The van der Waals surface area contributed by atoms with Gasteiger partial charge in [-0.25, -0.2) is 0 Å². The molecule has 5 heteroatoms. The minimum absolute atomic E-state index is 0.163. The Morgan fingerprint density at radius 3 is 2.35 bits per heavy atom. The molecule has 2 fully saturated rings. The van der Waals surface area contributed by atoms with Crippen molar-refractivity contribution < 1.29 is 9.84 Å². The highest BCUT2D eigenvalue weighted by Crippen LogP contribution is 2.33. The summed E-state index contributed by atoms with van der Waals surface area (Å²) >= 11 is 0. The van der Waals surface area contributed by atoms with E-state index in [1.165, 1.54) is 27.6 Å². The largest absolute Gasteiger partial charge is 0.492 e. The van der Waals surface area contributed by atoms with E-state index >= 15 is 0 Å². The molecule has 3 aromatic rings. The van der Waals surface area contributed by atoms with Gasteiger partial charge in [0.2, 0.25) is 0 Å². The fourth-order valence-electron chi connectivity index (χ4n) is 5.18. The fraction of sp³-hybridized carbons (Fsp3) is 0.448. The second-order valence-corrected chi connectivity index (χ2v) is 9.82. The van der Waals surface area contributed by atoms with Crippen LogP contribution in [0.4, 0.5) is 5.69 Å². The number of hydrogen-bond donors (Lipinski definition) is 1. The number of aliphatic hydroxyl groups is 1. The van der Waals surface area contributed by atoms with E-state index in [2.05, 4.69) is 82.4 Å². The van der Waals surface area contributed by atoms with Crippen molar-refractivity contribution >= 4 is 16.5 Å². The highest BCUT2D eigenvalue weighted by atomic mass is 16.5. The van der Waals surface area contributed by atoms with Crippen LogP contribution in [0.1, 0.15) is 24.0 Å². The molecule has 1 N–H and O–H groups in total. The lowest BCUT2D eigenvalue weighted by atomic mass is 9.95. The van der Waals surface area contributed by atoms with Crippen molar-refractivity contribution in [3.8, 4) is 5.75 Å². The van der Waals surface area contributed by atoms with Crippen LogP contribution in [-0.4, -0.2) is 80.5 Å². The third-order valence-electron chi connectivity index (χ3n) is 7.40. The lowest BCUT2D eigenvalue weighted by Crippen LogP contribution is -2.45. The predicted molar refractivity (Wildman–Crippen MR) is 140 cm³/mol. The smallest absolute Gasteiger partial charge is 0.119 e. The zero-order valence-corrected chi connectivity index (χ0v) is 20.3. The van der Waals surface area contributed by atoms with Crippen LogP contribution in [0.3, 0.4) is 0 Å². The van der Waals surface area contributed by atoms with Gasteiger partial charge in [0.15, 0.2) is 0 Å². The third-order valence-corrected chi connectivity index (χ3v) is 7.40. The number of rotatable bonds is 7. The summed E-state index contributed by atoms with van der Waals surface area (Å²) in [5.41, 5.74) is 3.97. The average Bonchev–Trinajstić information content (AvgIpc) is 2.87. The van der Waals surface area contributed by atoms with Crippen LogP contribution in [-0.2, 0) is 6.42 Å². The molecule has 0 aliphatic carbocycles. The number of anilines is 1. The Kier molecular flexibility index (Phi) is 7.33. The number of piperazine rings is 1. The molecular weight excluding hydrogens is 422 g/mol. The van der Waals surface area contributed by atoms with Gasteiger partial charge in [-0.3, -0.25) is 4.90 Å². The molecule has 5 nitrogen and oxygen atoms in total. The van der Waals surface area contributed by atoms with E-state index in [1.54, 1.807) is 0 Å². The minimum Gasteiger partial charge on any atom is -0.492 e. The zero-order chi connectivity index (χ0) is 23.3. The van der Waals surface area contributed by atoms with Crippen LogP contribution in [0.15, 0.2) is 60.7 Å². The van der Waals surface area contributed by atoms with Crippen molar-refractivity contribution in [1.29, 1.82) is 0 Å². The topological polar surface area (TPSA) is 39.2 Å². The van der Waals surface area contributed by atoms with Gasteiger partial charge in [0, 0.05) is 57.9 Å². The van der Waals surface area contributed by atoms with E-state index in [1.807, 2.05) is 0 Å². The van der Waals surface area contributed by atoms with Crippen molar-refractivity contribution in [1.82, 2.24) is 9.80 Å². The van der Waals surface area contributed by atoms with Gasteiger partial charge in [-0.15, -0.1) is 0 Å². The molecule has 0 amide bonds. The van der Waals surface area contributed by atoms with Crippen molar-refractivity contribution in [2.24, 2.45) is 0 Å². The molecule has 34 heavy (non-hydrogen) atoms.